The smallest absolute Gasteiger partial charge is 0.0441 e. The third kappa shape index (κ3) is 3.67. The topological polar surface area (TPSA) is 12.9 Å². The van der Waals surface area contributed by atoms with E-state index in [4.69, 9.17) is 0 Å². The molecule has 0 bridgehead atoms. The van der Waals surface area contributed by atoms with E-state index in [1.54, 1.807) is 0 Å². The molecule has 0 unspecified atom stereocenters. The normalized spacial score (nSPS) is 10.8. The SMILES string of the molecule is BrCCC=CCc1ccccn1. The van der Waals surface area contributed by atoms with Crippen LogP contribution >= 0.6 is 15.9 Å². The quantitative estimate of drug-likeness (QED) is 0.568. The lowest BCUT2D eigenvalue weighted by molar-refractivity contribution is 1.10. The zero-order valence-electron chi connectivity index (χ0n) is 6.91. The number of hydrogen-bond acceptors (Lipinski definition) is 1. The van der Waals surface area contributed by atoms with E-state index in [1.165, 1.54) is 0 Å². The second-order valence-electron chi connectivity index (χ2n) is 2.47. The van der Waals surface area contributed by atoms with Crippen molar-refractivity contribution < 1.29 is 0 Å². The fourth-order valence-corrected chi connectivity index (χ4v) is 1.17. The molecule has 0 N–H and O–H groups in total. The maximum Gasteiger partial charge on any atom is 0.0441 e. The molecule has 0 saturated carbocycles. The number of allylic oxidation sites excluding steroid dienone is 2. The Kier molecular flexibility index (Phi) is 4.69. The summed E-state index contributed by atoms with van der Waals surface area (Å²) in [5.41, 5.74) is 1.13. The maximum atomic E-state index is 4.21. The Hall–Kier alpha value is -0.630. The maximum absolute atomic E-state index is 4.21. The molecule has 0 atom stereocenters. The van der Waals surface area contributed by atoms with Crippen LogP contribution < -0.4 is 0 Å². The Morgan fingerprint density at radius 3 is 2.92 bits per heavy atom. The van der Waals surface area contributed by atoms with Gasteiger partial charge in [0.25, 0.3) is 0 Å². The van der Waals surface area contributed by atoms with Gasteiger partial charge in [-0.25, -0.2) is 0 Å². The summed E-state index contributed by atoms with van der Waals surface area (Å²) in [5.74, 6) is 0. The lowest BCUT2D eigenvalue weighted by Crippen LogP contribution is -1.84. The van der Waals surface area contributed by atoms with Gasteiger partial charge in [-0.3, -0.25) is 4.98 Å². The molecule has 0 amide bonds. The molecule has 64 valence electrons. The van der Waals surface area contributed by atoms with Gasteiger partial charge in [-0.15, -0.1) is 0 Å². The fourth-order valence-electron chi connectivity index (χ4n) is 0.904. The summed E-state index contributed by atoms with van der Waals surface area (Å²) in [6.45, 7) is 0. The minimum Gasteiger partial charge on any atom is -0.261 e. The summed E-state index contributed by atoms with van der Waals surface area (Å²) in [5, 5.41) is 1.03. The van der Waals surface area contributed by atoms with Gasteiger partial charge in [0.05, 0.1) is 0 Å². The molecule has 1 rings (SSSR count). The van der Waals surface area contributed by atoms with E-state index < -0.39 is 0 Å². The summed E-state index contributed by atoms with van der Waals surface area (Å²) in [6.07, 6.45) is 8.18. The third-order valence-corrected chi connectivity index (χ3v) is 1.95. The predicted octanol–water partition coefficient (Wildman–Crippen LogP) is 2.97. The van der Waals surface area contributed by atoms with Crippen molar-refractivity contribution in [3.63, 3.8) is 0 Å². The van der Waals surface area contributed by atoms with E-state index in [0.29, 0.717) is 0 Å². The zero-order valence-corrected chi connectivity index (χ0v) is 8.50. The van der Waals surface area contributed by atoms with E-state index in [2.05, 4.69) is 33.1 Å². The van der Waals surface area contributed by atoms with E-state index in [9.17, 15) is 0 Å². The Bertz CT molecular complexity index is 231. The van der Waals surface area contributed by atoms with Crippen molar-refractivity contribution in [1.29, 1.82) is 0 Å². The Morgan fingerprint density at radius 1 is 1.33 bits per heavy atom. The number of alkyl halides is 1. The standard InChI is InChI=1S/C10H12BrN/c11-8-4-1-2-6-10-7-3-5-9-12-10/h1-3,5,7,9H,4,6,8H2. The molecule has 0 spiro atoms. The van der Waals surface area contributed by atoms with Gasteiger partial charge in [0.15, 0.2) is 0 Å². The Balaban J connectivity index is 2.33. The van der Waals surface area contributed by atoms with Crippen molar-refractivity contribution in [2.24, 2.45) is 0 Å². The monoisotopic (exact) mass is 225 g/mol. The number of nitrogens with zero attached hydrogens (tertiary/aromatic N) is 1. The summed E-state index contributed by atoms with van der Waals surface area (Å²) >= 11 is 3.37. The molecule has 0 radical (unpaired) electrons. The van der Waals surface area contributed by atoms with Crippen molar-refractivity contribution in [3.8, 4) is 0 Å². The summed E-state index contributed by atoms with van der Waals surface area (Å²) in [6, 6.07) is 5.99. The molecule has 0 aliphatic rings. The number of rotatable bonds is 4. The van der Waals surface area contributed by atoms with Gasteiger partial charge in [0.1, 0.15) is 0 Å². The first kappa shape index (κ1) is 9.46. The van der Waals surface area contributed by atoms with Crippen molar-refractivity contribution in [2.75, 3.05) is 5.33 Å². The van der Waals surface area contributed by atoms with Crippen LogP contribution in [0.1, 0.15) is 12.1 Å². The van der Waals surface area contributed by atoms with Gasteiger partial charge in [0, 0.05) is 23.6 Å². The van der Waals surface area contributed by atoms with Crippen LogP contribution in [0.3, 0.4) is 0 Å². The number of pyridine rings is 1. The van der Waals surface area contributed by atoms with Crippen LogP contribution in [-0.2, 0) is 6.42 Å². The van der Waals surface area contributed by atoms with Crippen LogP contribution in [0.5, 0.6) is 0 Å². The van der Waals surface area contributed by atoms with Crippen molar-refractivity contribution >= 4 is 15.9 Å². The van der Waals surface area contributed by atoms with Crippen LogP contribution in [0.4, 0.5) is 0 Å². The lowest BCUT2D eigenvalue weighted by atomic mass is 10.2. The first-order chi connectivity index (χ1) is 5.93. The highest BCUT2D eigenvalue weighted by Gasteiger charge is 1.86. The van der Waals surface area contributed by atoms with Crippen LogP contribution in [-0.4, -0.2) is 10.3 Å². The lowest BCUT2D eigenvalue weighted by Gasteiger charge is -1.92. The minimum absolute atomic E-state index is 0.938. The molecule has 1 aromatic heterocycles. The molecule has 1 nitrogen and oxygen atoms in total. The van der Waals surface area contributed by atoms with E-state index in [1.807, 2.05) is 24.4 Å². The average molecular weight is 226 g/mol. The minimum atomic E-state index is 0.938. The first-order valence-electron chi connectivity index (χ1n) is 4.04. The van der Waals surface area contributed by atoms with E-state index in [0.717, 1.165) is 23.9 Å². The Labute approximate surface area is 81.7 Å². The van der Waals surface area contributed by atoms with Gasteiger partial charge in [-0.05, 0) is 18.6 Å². The van der Waals surface area contributed by atoms with Gasteiger partial charge in [-0.2, -0.15) is 0 Å². The van der Waals surface area contributed by atoms with E-state index in [-0.39, 0.29) is 0 Å². The van der Waals surface area contributed by atoms with Gasteiger partial charge >= 0.3 is 0 Å². The van der Waals surface area contributed by atoms with Crippen molar-refractivity contribution in [3.05, 3.63) is 42.2 Å². The van der Waals surface area contributed by atoms with E-state index >= 15 is 0 Å². The Morgan fingerprint density at radius 2 is 2.25 bits per heavy atom. The molecule has 1 heterocycles. The highest BCUT2D eigenvalue weighted by Crippen LogP contribution is 1.97. The third-order valence-electron chi connectivity index (χ3n) is 1.50. The highest BCUT2D eigenvalue weighted by atomic mass is 79.9. The molecule has 12 heavy (non-hydrogen) atoms. The predicted molar refractivity (Wildman–Crippen MR) is 55.5 cm³/mol. The molecule has 0 fully saturated rings. The molecular weight excluding hydrogens is 214 g/mol. The number of halogens is 1. The molecule has 0 saturated heterocycles. The molecule has 1 aromatic rings. The summed E-state index contributed by atoms with van der Waals surface area (Å²) in [4.78, 5) is 4.21. The second-order valence-corrected chi connectivity index (χ2v) is 3.27. The molecule has 0 aliphatic carbocycles. The second kappa shape index (κ2) is 5.95. The first-order valence-corrected chi connectivity index (χ1v) is 5.16. The average Bonchev–Trinajstić information content (AvgIpc) is 2.14. The van der Waals surface area contributed by atoms with Crippen molar-refractivity contribution in [1.82, 2.24) is 4.98 Å². The summed E-state index contributed by atoms with van der Waals surface area (Å²) in [7, 11) is 0. The highest BCUT2D eigenvalue weighted by molar-refractivity contribution is 9.09. The molecular formula is C10H12BrN. The number of aromatic nitrogens is 1. The number of hydrogen-bond donors (Lipinski definition) is 0. The zero-order chi connectivity index (χ0) is 8.65. The van der Waals surface area contributed by atoms with Crippen LogP contribution in [0.15, 0.2) is 36.5 Å². The van der Waals surface area contributed by atoms with Crippen molar-refractivity contribution in [2.45, 2.75) is 12.8 Å². The fraction of sp³-hybridized carbons (Fsp3) is 0.300. The van der Waals surface area contributed by atoms with Crippen LogP contribution in [0.2, 0.25) is 0 Å². The van der Waals surface area contributed by atoms with Gasteiger partial charge in [-0.1, -0.05) is 34.1 Å². The molecule has 0 aliphatic heterocycles. The summed E-state index contributed by atoms with van der Waals surface area (Å²) < 4.78 is 0. The van der Waals surface area contributed by atoms with Crippen LogP contribution in [0.25, 0.3) is 0 Å². The van der Waals surface area contributed by atoms with Crippen LogP contribution in [0, 0.1) is 0 Å². The largest absolute Gasteiger partial charge is 0.261 e. The van der Waals surface area contributed by atoms with Gasteiger partial charge < -0.3 is 0 Å². The molecule has 2 heteroatoms. The molecule has 0 aromatic carbocycles. The van der Waals surface area contributed by atoms with Gasteiger partial charge in [0.2, 0.25) is 0 Å².